The average Bonchev–Trinajstić information content (AvgIpc) is 2.76. The third-order valence-electron chi connectivity index (χ3n) is 4.25. The molecule has 2 aromatic carbocycles. The van der Waals surface area contributed by atoms with Crippen molar-refractivity contribution >= 4 is 34.3 Å². The molecular weight excluding hydrogens is 435 g/mol. The molecule has 0 aliphatic carbocycles. The summed E-state index contributed by atoms with van der Waals surface area (Å²) in [5.74, 6) is -0.550. The topological polar surface area (TPSA) is 80.3 Å². The van der Waals surface area contributed by atoms with E-state index in [1.807, 2.05) is 0 Å². The predicted molar refractivity (Wildman–Crippen MR) is 109 cm³/mol. The van der Waals surface area contributed by atoms with E-state index in [4.69, 9.17) is 16.3 Å². The van der Waals surface area contributed by atoms with Crippen LogP contribution in [0.1, 0.15) is 15.9 Å². The molecular formula is C21H17ClF3N3O3. The first-order chi connectivity index (χ1) is 14.8. The van der Waals surface area contributed by atoms with Gasteiger partial charge < -0.3 is 15.4 Å². The van der Waals surface area contributed by atoms with Crippen LogP contribution in [-0.2, 0) is 11.0 Å². The molecule has 0 radical (unpaired) electrons. The van der Waals surface area contributed by atoms with Gasteiger partial charge in [0, 0.05) is 30.2 Å². The Morgan fingerprint density at radius 2 is 1.71 bits per heavy atom. The van der Waals surface area contributed by atoms with Crippen molar-refractivity contribution in [1.29, 1.82) is 0 Å². The number of aromatic nitrogens is 1. The first kappa shape index (κ1) is 22.4. The molecule has 0 aliphatic rings. The molecule has 10 heteroatoms. The van der Waals surface area contributed by atoms with E-state index in [9.17, 15) is 22.8 Å². The smallest absolute Gasteiger partial charge is 0.416 e. The quantitative estimate of drug-likeness (QED) is 0.535. The Morgan fingerprint density at radius 1 is 1.00 bits per heavy atom. The van der Waals surface area contributed by atoms with Gasteiger partial charge in [-0.1, -0.05) is 11.6 Å². The molecule has 0 spiro atoms. The number of fused-ring (bicyclic) bond motifs is 1. The summed E-state index contributed by atoms with van der Waals surface area (Å²) < 4.78 is 43.2. The number of pyridine rings is 1. The highest BCUT2D eigenvalue weighted by Crippen LogP contribution is 2.30. The van der Waals surface area contributed by atoms with E-state index in [2.05, 4.69) is 15.6 Å². The van der Waals surface area contributed by atoms with Gasteiger partial charge in [0.1, 0.15) is 11.3 Å². The van der Waals surface area contributed by atoms with Crippen molar-refractivity contribution in [2.24, 2.45) is 0 Å². The van der Waals surface area contributed by atoms with Crippen LogP contribution >= 0.6 is 11.6 Å². The number of alkyl halides is 3. The zero-order valence-electron chi connectivity index (χ0n) is 16.0. The van der Waals surface area contributed by atoms with E-state index < -0.39 is 23.6 Å². The molecule has 0 atom stereocenters. The molecule has 3 rings (SSSR count). The predicted octanol–water partition coefficient (Wildman–Crippen LogP) is 3.83. The number of nitrogens with zero attached hydrogens (tertiary/aromatic N) is 1. The molecule has 31 heavy (non-hydrogen) atoms. The van der Waals surface area contributed by atoms with Crippen LogP contribution in [0.15, 0.2) is 54.7 Å². The number of amides is 2. The van der Waals surface area contributed by atoms with E-state index in [-0.39, 0.29) is 25.3 Å². The monoisotopic (exact) mass is 451 g/mol. The molecule has 2 amide bonds. The van der Waals surface area contributed by atoms with Crippen molar-refractivity contribution in [2.75, 3.05) is 19.7 Å². The summed E-state index contributed by atoms with van der Waals surface area (Å²) in [5, 5.41) is 6.31. The highest BCUT2D eigenvalue weighted by Gasteiger charge is 2.30. The van der Waals surface area contributed by atoms with Crippen LogP contribution in [-0.4, -0.2) is 36.5 Å². The third-order valence-corrected chi connectivity index (χ3v) is 4.57. The number of benzene rings is 2. The van der Waals surface area contributed by atoms with Gasteiger partial charge in [0.05, 0.1) is 10.6 Å². The highest BCUT2D eigenvalue weighted by molar-refractivity contribution is 6.35. The van der Waals surface area contributed by atoms with Crippen molar-refractivity contribution in [2.45, 2.75) is 6.18 Å². The molecule has 162 valence electrons. The van der Waals surface area contributed by atoms with E-state index in [1.54, 1.807) is 30.5 Å². The Labute approximate surface area is 180 Å². The second kappa shape index (κ2) is 9.65. The summed E-state index contributed by atoms with van der Waals surface area (Å²) in [7, 11) is 0. The normalized spacial score (nSPS) is 11.2. The summed E-state index contributed by atoms with van der Waals surface area (Å²) in [5.41, 5.74) is -0.212. The number of rotatable bonds is 7. The Kier molecular flexibility index (Phi) is 6.96. The lowest BCUT2D eigenvalue weighted by atomic mass is 10.1. The summed E-state index contributed by atoms with van der Waals surface area (Å²) in [6.45, 7) is -0.0502. The van der Waals surface area contributed by atoms with Crippen molar-refractivity contribution < 1.29 is 27.5 Å². The zero-order chi connectivity index (χ0) is 22.4. The zero-order valence-corrected chi connectivity index (χ0v) is 16.8. The number of halogens is 4. The fourth-order valence-corrected chi connectivity index (χ4v) is 2.93. The van der Waals surface area contributed by atoms with Crippen LogP contribution in [0.3, 0.4) is 0 Å². The van der Waals surface area contributed by atoms with Crippen molar-refractivity contribution in [3.8, 4) is 5.75 Å². The molecule has 3 aromatic rings. The van der Waals surface area contributed by atoms with Crippen molar-refractivity contribution in [3.63, 3.8) is 0 Å². The molecule has 0 saturated carbocycles. The molecule has 1 aromatic heterocycles. The summed E-state index contributed by atoms with van der Waals surface area (Å²) in [6.07, 6.45) is -2.87. The fraction of sp³-hybridized carbons (Fsp3) is 0.190. The summed E-state index contributed by atoms with van der Waals surface area (Å²) >= 11 is 6.11. The van der Waals surface area contributed by atoms with Crippen LogP contribution in [0.2, 0.25) is 5.02 Å². The van der Waals surface area contributed by atoms with Gasteiger partial charge in [0.2, 0.25) is 0 Å². The molecule has 2 N–H and O–H groups in total. The maximum absolute atomic E-state index is 12.6. The first-order valence-electron chi connectivity index (χ1n) is 9.14. The Morgan fingerprint density at radius 3 is 2.42 bits per heavy atom. The maximum Gasteiger partial charge on any atom is 0.416 e. The maximum atomic E-state index is 12.6. The van der Waals surface area contributed by atoms with E-state index in [0.717, 1.165) is 24.3 Å². The van der Waals surface area contributed by atoms with Crippen LogP contribution in [0.25, 0.3) is 10.9 Å². The lowest BCUT2D eigenvalue weighted by molar-refractivity contribution is -0.137. The standard InChI is InChI=1S/C21H17ClF3N3O3/c22-16-7-8-17(19-15(16)2-1-9-27-19)31-12-18(29)26-10-11-28-20(30)13-3-5-14(6-4-13)21(23,24)25/h1-9H,10-12H2,(H,26,29)(H,28,30). The minimum absolute atomic E-state index is 0.0878. The van der Waals surface area contributed by atoms with Gasteiger partial charge in [0.15, 0.2) is 6.61 Å². The first-order valence-corrected chi connectivity index (χ1v) is 9.51. The highest BCUT2D eigenvalue weighted by atomic mass is 35.5. The summed E-state index contributed by atoms with van der Waals surface area (Å²) in [6, 6.07) is 10.7. The number of hydrogen-bond acceptors (Lipinski definition) is 4. The Hall–Kier alpha value is -3.33. The second-order valence-electron chi connectivity index (χ2n) is 6.41. The van der Waals surface area contributed by atoms with Gasteiger partial charge in [-0.05, 0) is 48.5 Å². The van der Waals surface area contributed by atoms with Crippen LogP contribution in [0.5, 0.6) is 5.75 Å². The van der Waals surface area contributed by atoms with Crippen LogP contribution < -0.4 is 15.4 Å². The molecule has 1 heterocycles. The number of carbonyl (C=O) groups excluding carboxylic acids is 2. The van der Waals surface area contributed by atoms with Gasteiger partial charge >= 0.3 is 6.18 Å². The van der Waals surface area contributed by atoms with Crippen LogP contribution in [0, 0.1) is 0 Å². The molecule has 6 nitrogen and oxygen atoms in total. The molecule has 0 saturated heterocycles. The van der Waals surface area contributed by atoms with Crippen molar-refractivity contribution in [3.05, 3.63) is 70.9 Å². The van der Waals surface area contributed by atoms with Crippen LogP contribution in [0.4, 0.5) is 13.2 Å². The Balaban J connectivity index is 1.43. The minimum Gasteiger partial charge on any atom is -0.481 e. The third kappa shape index (κ3) is 5.85. The average molecular weight is 452 g/mol. The molecule has 0 bridgehead atoms. The van der Waals surface area contributed by atoms with Gasteiger partial charge in [0.25, 0.3) is 11.8 Å². The Bertz CT molecular complexity index is 1090. The number of nitrogens with one attached hydrogen (secondary N) is 2. The van der Waals surface area contributed by atoms with Crippen molar-refractivity contribution in [1.82, 2.24) is 15.6 Å². The molecule has 0 unspecified atom stereocenters. The van der Waals surface area contributed by atoms with E-state index in [0.29, 0.717) is 21.7 Å². The SMILES string of the molecule is O=C(COc1ccc(Cl)c2cccnc12)NCCNC(=O)c1ccc(C(F)(F)F)cc1. The van der Waals surface area contributed by atoms with E-state index in [1.165, 1.54) is 0 Å². The number of carbonyl (C=O) groups is 2. The minimum atomic E-state index is -4.46. The number of hydrogen-bond donors (Lipinski definition) is 2. The largest absolute Gasteiger partial charge is 0.481 e. The molecule has 0 aliphatic heterocycles. The second-order valence-corrected chi connectivity index (χ2v) is 6.82. The molecule has 0 fully saturated rings. The van der Waals surface area contributed by atoms with Gasteiger partial charge in [-0.2, -0.15) is 13.2 Å². The number of ether oxygens (including phenoxy) is 1. The van der Waals surface area contributed by atoms with Gasteiger partial charge in [-0.3, -0.25) is 14.6 Å². The van der Waals surface area contributed by atoms with E-state index >= 15 is 0 Å². The summed E-state index contributed by atoms with van der Waals surface area (Å²) in [4.78, 5) is 28.1. The lowest BCUT2D eigenvalue weighted by Gasteiger charge is -2.11. The fourth-order valence-electron chi connectivity index (χ4n) is 2.71. The lowest BCUT2D eigenvalue weighted by Crippen LogP contribution is -2.36. The van der Waals surface area contributed by atoms with Gasteiger partial charge in [-0.25, -0.2) is 0 Å². The van der Waals surface area contributed by atoms with Gasteiger partial charge in [-0.15, -0.1) is 0 Å².